The van der Waals surface area contributed by atoms with E-state index in [4.69, 9.17) is 5.73 Å². The van der Waals surface area contributed by atoms with Crippen molar-refractivity contribution in [2.75, 3.05) is 0 Å². The average Bonchev–Trinajstić information content (AvgIpc) is 2.62. The highest BCUT2D eigenvalue weighted by Crippen LogP contribution is 2.28. The second kappa shape index (κ2) is 4.71. The van der Waals surface area contributed by atoms with Gasteiger partial charge in [0.1, 0.15) is 0 Å². The van der Waals surface area contributed by atoms with Crippen molar-refractivity contribution >= 4 is 10.9 Å². The highest BCUT2D eigenvalue weighted by Gasteiger charge is 2.14. The first kappa shape index (κ1) is 11.2. The molecule has 2 nitrogen and oxygen atoms in total. The number of hydrogen-bond donors (Lipinski definition) is 2. The molecule has 0 aliphatic carbocycles. The van der Waals surface area contributed by atoms with Gasteiger partial charge < -0.3 is 10.7 Å². The molecule has 1 heterocycles. The summed E-state index contributed by atoms with van der Waals surface area (Å²) in [7, 11) is 0. The zero-order valence-electron chi connectivity index (χ0n) is 10.1. The predicted molar refractivity (Wildman–Crippen MR) is 69.5 cm³/mol. The topological polar surface area (TPSA) is 41.8 Å². The van der Waals surface area contributed by atoms with Gasteiger partial charge in [-0.2, -0.15) is 0 Å². The Bertz CT molecular complexity index is 471. The van der Waals surface area contributed by atoms with Crippen molar-refractivity contribution in [1.82, 2.24) is 4.98 Å². The van der Waals surface area contributed by atoms with E-state index in [0.29, 0.717) is 0 Å². The van der Waals surface area contributed by atoms with E-state index in [1.165, 1.54) is 35.0 Å². The van der Waals surface area contributed by atoms with Gasteiger partial charge in [-0.05, 0) is 25.0 Å². The Morgan fingerprint density at radius 3 is 2.81 bits per heavy atom. The highest BCUT2D eigenvalue weighted by molar-refractivity contribution is 5.85. The Morgan fingerprint density at radius 2 is 2.06 bits per heavy atom. The summed E-state index contributed by atoms with van der Waals surface area (Å²) in [5.41, 5.74) is 9.98. The monoisotopic (exact) mass is 216 g/mol. The van der Waals surface area contributed by atoms with E-state index < -0.39 is 0 Å². The molecule has 2 heteroatoms. The minimum atomic E-state index is 0.163. The van der Waals surface area contributed by atoms with Crippen molar-refractivity contribution in [2.45, 2.75) is 39.2 Å². The first-order valence-electron chi connectivity index (χ1n) is 6.06. The fourth-order valence-electron chi connectivity index (χ4n) is 2.34. The van der Waals surface area contributed by atoms with Crippen LogP contribution in [0.3, 0.4) is 0 Å². The third-order valence-electron chi connectivity index (χ3n) is 3.18. The summed E-state index contributed by atoms with van der Waals surface area (Å²) in [6.07, 6.45) is 3.47. The van der Waals surface area contributed by atoms with Crippen LogP contribution < -0.4 is 5.73 Å². The van der Waals surface area contributed by atoms with E-state index >= 15 is 0 Å². The molecule has 86 valence electrons. The van der Waals surface area contributed by atoms with E-state index in [0.717, 1.165) is 6.42 Å². The molecule has 2 rings (SSSR count). The number of nitrogens with one attached hydrogen (secondary N) is 1. The molecule has 0 fully saturated rings. The largest absolute Gasteiger partial charge is 0.358 e. The predicted octanol–water partition coefficient (Wildman–Crippen LogP) is 3.67. The van der Waals surface area contributed by atoms with Gasteiger partial charge in [0.05, 0.1) is 0 Å². The second-order valence-corrected chi connectivity index (χ2v) is 4.46. The first-order chi connectivity index (χ1) is 7.74. The first-order valence-corrected chi connectivity index (χ1v) is 6.06. The molecule has 1 aromatic heterocycles. The van der Waals surface area contributed by atoms with Crippen molar-refractivity contribution in [2.24, 2.45) is 5.73 Å². The molecule has 0 amide bonds. The molecule has 0 saturated carbocycles. The maximum Gasteiger partial charge on any atom is 0.0459 e. The van der Waals surface area contributed by atoms with E-state index in [9.17, 15) is 0 Å². The molecule has 0 aliphatic rings. The number of benzene rings is 1. The number of fused-ring (bicyclic) bond motifs is 1. The van der Waals surface area contributed by atoms with Crippen LogP contribution in [0.1, 0.15) is 43.5 Å². The van der Waals surface area contributed by atoms with Crippen molar-refractivity contribution < 1.29 is 0 Å². The molecule has 0 saturated heterocycles. The molecule has 0 aliphatic heterocycles. The Labute approximate surface area is 96.9 Å². The summed E-state index contributed by atoms with van der Waals surface area (Å²) in [6, 6.07) is 8.56. The van der Waals surface area contributed by atoms with Crippen LogP contribution in [-0.2, 0) is 0 Å². The molecule has 0 unspecified atom stereocenters. The number of rotatable bonds is 4. The lowest BCUT2D eigenvalue weighted by molar-refractivity contribution is 0.604. The molecule has 2 aromatic rings. The lowest BCUT2D eigenvalue weighted by Crippen LogP contribution is -2.10. The van der Waals surface area contributed by atoms with Gasteiger partial charge in [-0.25, -0.2) is 0 Å². The smallest absolute Gasteiger partial charge is 0.0459 e. The fraction of sp³-hybridized carbons (Fsp3) is 0.429. The zero-order valence-corrected chi connectivity index (χ0v) is 10.1. The van der Waals surface area contributed by atoms with Gasteiger partial charge in [-0.15, -0.1) is 0 Å². The van der Waals surface area contributed by atoms with Crippen molar-refractivity contribution in [1.29, 1.82) is 0 Å². The fourth-order valence-corrected chi connectivity index (χ4v) is 2.34. The van der Waals surface area contributed by atoms with Crippen LogP contribution >= 0.6 is 0 Å². The molecular formula is C14H20N2. The Balaban J connectivity index is 2.38. The molecule has 0 radical (unpaired) electrons. The normalized spacial score (nSPS) is 13.2. The van der Waals surface area contributed by atoms with Crippen LogP contribution in [0.4, 0.5) is 0 Å². The maximum absolute atomic E-state index is 6.27. The summed E-state index contributed by atoms with van der Waals surface area (Å²) in [6.45, 7) is 4.32. The van der Waals surface area contributed by atoms with Crippen molar-refractivity contribution in [3.8, 4) is 0 Å². The molecular weight excluding hydrogens is 196 g/mol. The van der Waals surface area contributed by atoms with Crippen LogP contribution in [0.5, 0.6) is 0 Å². The average molecular weight is 216 g/mol. The summed E-state index contributed by atoms with van der Waals surface area (Å²) in [5.74, 6) is 0. The SMILES string of the molecule is CCCC[C@@H](N)c1c(C)[nH]c2ccccc12. The quantitative estimate of drug-likeness (QED) is 0.804. The second-order valence-electron chi connectivity index (χ2n) is 4.46. The Kier molecular flexibility index (Phi) is 3.30. The molecule has 1 aromatic carbocycles. The van der Waals surface area contributed by atoms with Gasteiger partial charge in [-0.3, -0.25) is 0 Å². The number of aromatic nitrogens is 1. The minimum absolute atomic E-state index is 0.163. The lowest BCUT2D eigenvalue weighted by Gasteiger charge is -2.11. The van der Waals surface area contributed by atoms with Gasteiger partial charge in [0.2, 0.25) is 0 Å². The van der Waals surface area contributed by atoms with Gasteiger partial charge in [-0.1, -0.05) is 38.0 Å². The van der Waals surface area contributed by atoms with E-state index in [1.54, 1.807) is 0 Å². The third-order valence-corrected chi connectivity index (χ3v) is 3.18. The molecule has 0 spiro atoms. The van der Waals surface area contributed by atoms with Crippen LogP contribution in [0, 0.1) is 6.92 Å². The summed E-state index contributed by atoms with van der Waals surface area (Å²) in [5, 5.41) is 1.28. The van der Waals surface area contributed by atoms with Crippen LogP contribution in [0.25, 0.3) is 10.9 Å². The van der Waals surface area contributed by atoms with Gasteiger partial charge >= 0.3 is 0 Å². The molecule has 1 atom stereocenters. The van der Waals surface area contributed by atoms with Gasteiger partial charge in [0.25, 0.3) is 0 Å². The zero-order chi connectivity index (χ0) is 11.5. The number of aryl methyl sites for hydroxylation is 1. The van der Waals surface area contributed by atoms with Crippen molar-refractivity contribution in [3.63, 3.8) is 0 Å². The third kappa shape index (κ3) is 1.98. The lowest BCUT2D eigenvalue weighted by atomic mass is 9.99. The summed E-state index contributed by atoms with van der Waals surface area (Å²) < 4.78 is 0. The molecule has 16 heavy (non-hydrogen) atoms. The Hall–Kier alpha value is -1.28. The number of para-hydroxylation sites is 1. The van der Waals surface area contributed by atoms with Crippen LogP contribution in [0.15, 0.2) is 24.3 Å². The minimum Gasteiger partial charge on any atom is -0.358 e. The molecule has 3 N–H and O–H groups in total. The van der Waals surface area contributed by atoms with Crippen molar-refractivity contribution in [3.05, 3.63) is 35.5 Å². The van der Waals surface area contributed by atoms with E-state index in [-0.39, 0.29) is 6.04 Å². The summed E-state index contributed by atoms with van der Waals surface area (Å²) >= 11 is 0. The van der Waals surface area contributed by atoms with Gasteiger partial charge in [0.15, 0.2) is 0 Å². The number of H-pyrrole nitrogens is 1. The number of nitrogens with two attached hydrogens (primary N) is 1. The number of hydrogen-bond acceptors (Lipinski definition) is 1. The van der Waals surface area contributed by atoms with Gasteiger partial charge in [0, 0.05) is 22.6 Å². The standard InChI is InChI=1S/C14H20N2/c1-3-4-8-12(15)14-10(2)16-13-9-6-5-7-11(13)14/h5-7,9,12,16H,3-4,8,15H2,1-2H3/t12-/m1/s1. The number of aromatic amines is 1. The summed E-state index contributed by atoms with van der Waals surface area (Å²) in [4.78, 5) is 3.40. The van der Waals surface area contributed by atoms with E-state index in [1.807, 2.05) is 0 Å². The Morgan fingerprint density at radius 1 is 1.31 bits per heavy atom. The maximum atomic E-state index is 6.27. The number of unbranched alkanes of at least 4 members (excludes halogenated alkanes) is 1. The van der Waals surface area contributed by atoms with Crippen LogP contribution in [0.2, 0.25) is 0 Å². The highest BCUT2D eigenvalue weighted by atomic mass is 14.7. The van der Waals surface area contributed by atoms with Crippen LogP contribution in [-0.4, -0.2) is 4.98 Å². The molecule has 0 bridgehead atoms. The van der Waals surface area contributed by atoms with E-state index in [2.05, 4.69) is 43.1 Å².